The van der Waals surface area contributed by atoms with Crippen molar-refractivity contribution in [2.45, 2.75) is 49.3 Å². The smallest absolute Gasteiger partial charge is 0.484 e. The predicted octanol–water partition coefficient (Wildman–Crippen LogP) is 4.57. The second-order valence-electron chi connectivity index (χ2n) is 9.53. The highest BCUT2D eigenvalue weighted by Gasteiger charge is 2.57. The number of fused-ring (bicyclic) bond motifs is 3. The lowest BCUT2D eigenvalue weighted by atomic mass is 9.59. The molecule has 0 aliphatic heterocycles. The maximum absolute atomic E-state index is 13.7. The van der Waals surface area contributed by atoms with E-state index in [9.17, 15) is 23.2 Å². The summed E-state index contributed by atoms with van der Waals surface area (Å²) in [6.45, 7) is -0.770. The Morgan fingerprint density at radius 3 is 1.87 bits per heavy atom. The van der Waals surface area contributed by atoms with E-state index in [1.807, 2.05) is 0 Å². The van der Waals surface area contributed by atoms with Gasteiger partial charge in [-0.2, -0.15) is 0 Å². The minimum absolute atomic E-state index is 0.0623. The minimum atomic E-state index is -0.927. The van der Waals surface area contributed by atoms with Crippen LogP contribution in [0.4, 0.5) is 13.6 Å². The van der Waals surface area contributed by atoms with E-state index in [2.05, 4.69) is 15.4 Å². The van der Waals surface area contributed by atoms with Gasteiger partial charge in [0.15, 0.2) is 13.2 Å². The Morgan fingerprint density at radius 1 is 0.872 bits per heavy atom. The molecule has 13 heteroatoms. The lowest BCUT2D eigenvalue weighted by Crippen LogP contribution is -2.71. The summed E-state index contributed by atoms with van der Waals surface area (Å²) in [5.41, 5.74) is -1.63. The van der Waals surface area contributed by atoms with Crippen LogP contribution in [0.1, 0.15) is 32.1 Å². The van der Waals surface area contributed by atoms with Gasteiger partial charge < -0.3 is 29.6 Å². The van der Waals surface area contributed by atoms with Crippen molar-refractivity contribution in [3.05, 3.63) is 58.1 Å². The molecule has 0 spiro atoms. The fraction of sp³-hybridized carbons (Fsp3) is 0.423. The van der Waals surface area contributed by atoms with Crippen molar-refractivity contribution in [1.29, 1.82) is 0 Å². The number of methoxy groups -OCH3 is 1. The van der Waals surface area contributed by atoms with E-state index in [0.29, 0.717) is 25.7 Å². The van der Waals surface area contributed by atoms with Crippen LogP contribution in [0.2, 0.25) is 10.0 Å². The third-order valence-electron chi connectivity index (χ3n) is 7.01. The molecule has 0 radical (unpaired) electrons. The third-order valence-corrected chi connectivity index (χ3v) is 7.62. The first-order valence-electron chi connectivity index (χ1n) is 12.1. The number of rotatable bonds is 9. The molecule has 0 heterocycles. The maximum Gasteiger partial charge on any atom is 0.508 e. The van der Waals surface area contributed by atoms with Gasteiger partial charge in [0.1, 0.15) is 29.2 Å². The fourth-order valence-corrected chi connectivity index (χ4v) is 5.26. The average molecular weight is 587 g/mol. The van der Waals surface area contributed by atoms with E-state index in [1.165, 1.54) is 31.4 Å². The van der Waals surface area contributed by atoms with Crippen LogP contribution in [0, 0.1) is 11.6 Å². The normalized spacial score (nSPS) is 23.5. The van der Waals surface area contributed by atoms with Gasteiger partial charge in [0.2, 0.25) is 0 Å². The van der Waals surface area contributed by atoms with Gasteiger partial charge in [-0.3, -0.25) is 9.59 Å². The SMILES string of the molecule is COC(=O)O[C@@H]1CC2(NC(=O)COc3ccc(Cl)c(F)c3)CCC1(NC(=O)COc1ccc(Cl)c(F)c1)CC2. The van der Waals surface area contributed by atoms with E-state index in [4.69, 9.17) is 37.4 Å². The number of benzene rings is 2. The third kappa shape index (κ3) is 6.83. The van der Waals surface area contributed by atoms with E-state index in [1.54, 1.807) is 0 Å². The predicted molar refractivity (Wildman–Crippen MR) is 136 cm³/mol. The monoisotopic (exact) mass is 586 g/mol. The van der Waals surface area contributed by atoms with Gasteiger partial charge in [-0.25, -0.2) is 13.6 Å². The van der Waals surface area contributed by atoms with Crippen LogP contribution in [-0.2, 0) is 19.1 Å². The Labute approximate surface area is 233 Å². The molecule has 2 N–H and O–H groups in total. The quantitative estimate of drug-likeness (QED) is 0.414. The first kappa shape index (κ1) is 28.7. The molecule has 3 fully saturated rings. The van der Waals surface area contributed by atoms with Crippen molar-refractivity contribution in [2.24, 2.45) is 0 Å². The molecule has 2 aromatic rings. The molecule has 39 heavy (non-hydrogen) atoms. The van der Waals surface area contributed by atoms with E-state index in [-0.39, 0.29) is 34.6 Å². The van der Waals surface area contributed by atoms with Gasteiger partial charge in [0.05, 0.1) is 22.7 Å². The van der Waals surface area contributed by atoms with E-state index < -0.39 is 53.4 Å². The average Bonchev–Trinajstić information content (AvgIpc) is 2.91. The molecule has 0 aromatic heterocycles. The highest BCUT2D eigenvalue weighted by atomic mass is 35.5. The highest BCUT2D eigenvalue weighted by Crippen LogP contribution is 2.48. The van der Waals surface area contributed by atoms with Crippen molar-refractivity contribution in [3.63, 3.8) is 0 Å². The molecule has 0 saturated heterocycles. The zero-order valence-electron chi connectivity index (χ0n) is 20.9. The summed E-state index contributed by atoms with van der Waals surface area (Å²) in [5.74, 6) is -2.00. The molecule has 9 nitrogen and oxygen atoms in total. The van der Waals surface area contributed by atoms with Gasteiger partial charge in [0.25, 0.3) is 11.8 Å². The highest BCUT2D eigenvalue weighted by molar-refractivity contribution is 6.31. The van der Waals surface area contributed by atoms with Crippen LogP contribution in [0.25, 0.3) is 0 Å². The summed E-state index contributed by atoms with van der Waals surface area (Å²) in [6, 6.07) is 7.68. The number of nitrogens with one attached hydrogen (secondary N) is 2. The zero-order chi connectivity index (χ0) is 28.2. The van der Waals surface area contributed by atoms with Crippen LogP contribution in [-0.4, -0.2) is 55.5 Å². The molecule has 3 saturated carbocycles. The second kappa shape index (κ2) is 11.8. The standard InChI is InChI=1S/C26H26Cl2F2N2O7/c1-36-24(35)39-21-12-25(31-22(33)13-37-15-2-4-17(27)19(29)10-15)6-8-26(21,9-7-25)32-23(34)14-38-16-3-5-18(28)20(30)11-16/h2-5,10-11,21H,6-9,12-14H2,1H3,(H,31,33)(H,32,34)/t21-,25?,26?/m1/s1. The number of amides is 2. The van der Waals surface area contributed by atoms with Crippen LogP contribution < -0.4 is 20.1 Å². The minimum Gasteiger partial charge on any atom is -0.484 e. The molecular formula is C26H26Cl2F2N2O7. The number of hydrogen-bond acceptors (Lipinski definition) is 7. The molecule has 2 aromatic carbocycles. The number of carbonyl (C=O) groups is 3. The molecule has 2 bridgehead atoms. The summed E-state index contributed by atoms with van der Waals surface area (Å²) in [7, 11) is 1.17. The van der Waals surface area contributed by atoms with Gasteiger partial charge >= 0.3 is 6.16 Å². The van der Waals surface area contributed by atoms with Crippen LogP contribution in [0.3, 0.4) is 0 Å². The number of hydrogen-bond donors (Lipinski definition) is 2. The topological polar surface area (TPSA) is 112 Å². The summed E-state index contributed by atoms with van der Waals surface area (Å²) in [4.78, 5) is 37.5. The van der Waals surface area contributed by atoms with Gasteiger partial charge in [-0.05, 0) is 49.9 Å². The lowest BCUT2D eigenvalue weighted by Gasteiger charge is -2.56. The van der Waals surface area contributed by atoms with Gasteiger partial charge in [-0.1, -0.05) is 23.2 Å². The Hall–Kier alpha value is -3.31. The van der Waals surface area contributed by atoms with Gasteiger partial charge in [0, 0.05) is 24.1 Å². The largest absolute Gasteiger partial charge is 0.508 e. The van der Waals surface area contributed by atoms with Crippen molar-refractivity contribution >= 4 is 41.2 Å². The van der Waals surface area contributed by atoms with Crippen molar-refractivity contribution in [3.8, 4) is 11.5 Å². The number of ether oxygens (including phenoxy) is 4. The molecule has 1 atom stereocenters. The van der Waals surface area contributed by atoms with Crippen molar-refractivity contribution < 1.29 is 42.1 Å². The Kier molecular flexibility index (Phi) is 8.70. The summed E-state index contributed by atoms with van der Waals surface area (Å²) in [6.07, 6.45) is 0.226. The number of carbonyl (C=O) groups excluding carboxylic acids is 3. The van der Waals surface area contributed by atoms with Crippen LogP contribution in [0.5, 0.6) is 11.5 Å². The Balaban J connectivity index is 1.38. The van der Waals surface area contributed by atoms with E-state index in [0.717, 1.165) is 12.1 Å². The van der Waals surface area contributed by atoms with Crippen molar-refractivity contribution in [1.82, 2.24) is 10.6 Å². The summed E-state index contributed by atoms with van der Waals surface area (Å²) in [5, 5.41) is 5.75. The maximum atomic E-state index is 13.7. The molecule has 0 unspecified atom stereocenters. The molecule has 3 aliphatic rings. The molecule has 5 rings (SSSR count). The molecular weight excluding hydrogens is 561 g/mol. The van der Waals surface area contributed by atoms with Crippen LogP contribution >= 0.6 is 23.2 Å². The fourth-order valence-electron chi connectivity index (χ4n) is 5.03. The first-order valence-corrected chi connectivity index (χ1v) is 12.8. The van der Waals surface area contributed by atoms with Gasteiger partial charge in [-0.15, -0.1) is 0 Å². The zero-order valence-corrected chi connectivity index (χ0v) is 22.4. The lowest BCUT2D eigenvalue weighted by molar-refractivity contribution is -0.138. The second-order valence-corrected chi connectivity index (χ2v) is 10.3. The molecule has 2 amide bonds. The Bertz CT molecular complexity index is 1250. The summed E-state index contributed by atoms with van der Waals surface area (Å²) >= 11 is 11.3. The van der Waals surface area contributed by atoms with E-state index >= 15 is 0 Å². The van der Waals surface area contributed by atoms with Crippen LogP contribution in [0.15, 0.2) is 36.4 Å². The van der Waals surface area contributed by atoms with Crippen molar-refractivity contribution in [2.75, 3.05) is 20.3 Å². The summed E-state index contributed by atoms with van der Waals surface area (Å²) < 4.78 is 48.3. The number of halogens is 4. The Morgan fingerprint density at radius 2 is 1.38 bits per heavy atom. The first-order chi connectivity index (χ1) is 18.5. The molecule has 210 valence electrons. The molecule has 3 aliphatic carbocycles.